The molecule has 4 aromatic rings. The van der Waals surface area contributed by atoms with Gasteiger partial charge < -0.3 is 29.0 Å². The number of ether oxygens (including phenoxy) is 4. The summed E-state index contributed by atoms with van der Waals surface area (Å²) in [4.78, 5) is 16.8. The average Bonchev–Trinajstić information content (AvgIpc) is 3.08. The number of carboxylic acid groups (broad SMARTS) is 1. The lowest BCUT2D eigenvalue weighted by Crippen LogP contribution is -2.24. The highest BCUT2D eigenvalue weighted by Gasteiger charge is 2.37. The van der Waals surface area contributed by atoms with Crippen LogP contribution in [0.15, 0.2) is 66.9 Å². The highest BCUT2D eigenvalue weighted by Crippen LogP contribution is 2.42. The Labute approximate surface area is 291 Å². The van der Waals surface area contributed by atoms with Gasteiger partial charge in [-0.1, -0.05) is 19.9 Å². The second kappa shape index (κ2) is 16.3. The average molecular weight is 721 g/mol. The zero-order chi connectivity index (χ0) is 37.5. The van der Waals surface area contributed by atoms with Gasteiger partial charge in [-0.15, -0.1) is 0 Å². The van der Waals surface area contributed by atoms with Crippen molar-refractivity contribution in [1.82, 2.24) is 4.98 Å². The van der Waals surface area contributed by atoms with Gasteiger partial charge in [0.05, 0.1) is 45.3 Å². The van der Waals surface area contributed by atoms with Gasteiger partial charge in [0.15, 0.2) is 11.5 Å². The van der Waals surface area contributed by atoms with E-state index in [2.05, 4.69) is 4.98 Å². The first-order chi connectivity index (χ1) is 24.0. The number of hydrogen-bond donors (Lipinski definition) is 1. The number of hydrogen-bond acceptors (Lipinski definition) is 7. The van der Waals surface area contributed by atoms with E-state index in [1.807, 2.05) is 32.0 Å². The van der Waals surface area contributed by atoms with Crippen LogP contribution in [-0.2, 0) is 30.2 Å². The number of benzene rings is 3. The first-order valence-corrected chi connectivity index (χ1v) is 15.8. The molecule has 274 valence electrons. The van der Waals surface area contributed by atoms with Crippen LogP contribution in [0.4, 0.5) is 32.2 Å². The molecule has 4 rings (SSSR count). The van der Waals surface area contributed by atoms with Crippen LogP contribution in [0.3, 0.4) is 0 Å². The molecule has 51 heavy (non-hydrogen) atoms. The van der Waals surface area contributed by atoms with Crippen molar-refractivity contribution in [1.29, 1.82) is 0 Å². The predicted molar refractivity (Wildman–Crippen MR) is 179 cm³/mol. The molecule has 0 saturated carbocycles. The Morgan fingerprint density at radius 1 is 0.784 bits per heavy atom. The van der Waals surface area contributed by atoms with Gasteiger partial charge in [0.25, 0.3) is 0 Å². The molecule has 0 bridgehead atoms. The van der Waals surface area contributed by atoms with Gasteiger partial charge in [0, 0.05) is 25.1 Å². The van der Waals surface area contributed by atoms with Crippen molar-refractivity contribution in [3.05, 3.63) is 94.7 Å². The number of alkyl halides is 6. The van der Waals surface area contributed by atoms with Crippen LogP contribution in [0.2, 0.25) is 0 Å². The van der Waals surface area contributed by atoms with Gasteiger partial charge in [-0.05, 0) is 89.2 Å². The number of nitrogens with zero attached hydrogens (tertiary/aromatic N) is 2. The van der Waals surface area contributed by atoms with Crippen molar-refractivity contribution in [3.63, 3.8) is 0 Å². The van der Waals surface area contributed by atoms with Gasteiger partial charge in [-0.3, -0.25) is 4.79 Å². The van der Waals surface area contributed by atoms with E-state index in [1.165, 1.54) is 44.6 Å². The molecular formula is C37H38F6N2O6. The summed E-state index contributed by atoms with van der Waals surface area (Å²) in [6.07, 6.45) is -8.58. The maximum atomic E-state index is 13.8. The lowest BCUT2D eigenvalue weighted by molar-refractivity contribution is -0.143. The summed E-state index contributed by atoms with van der Waals surface area (Å²) in [6, 6.07) is 13.6. The fraction of sp³-hybridized carbons (Fsp3) is 0.351. The minimum Gasteiger partial charge on any atom is -0.496 e. The summed E-state index contributed by atoms with van der Waals surface area (Å²) < 4.78 is 105. The summed E-state index contributed by atoms with van der Waals surface area (Å²) in [6.45, 7) is 3.67. The fourth-order valence-corrected chi connectivity index (χ4v) is 5.41. The maximum Gasteiger partial charge on any atom is 0.416 e. The first kappa shape index (κ1) is 38.7. The van der Waals surface area contributed by atoms with Crippen LogP contribution >= 0.6 is 0 Å². The number of aliphatic carboxylic acids is 1. The number of methoxy groups -OCH3 is 3. The van der Waals surface area contributed by atoms with Crippen LogP contribution in [0, 0.1) is 0 Å². The van der Waals surface area contributed by atoms with Gasteiger partial charge >= 0.3 is 18.3 Å². The molecular weight excluding hydrogens is 682 g/mol. The topological polar surface area (TPSA) is 90.4 Å². The molecule has 0 aliphatic heterocycles. The zero-order valence-corrected chi connectivity index (χ0v) is 28.6. The monoisotopic (exact) mass is 720 g/mol. The van der Waals surface area contributed by atoms with E-state index >= 15 is 0 Å². The molecule has 0 spiro atoms. The van der Waals surface area contributed by atoms with E-state index in [1.54, 1.807) is 12.1 Å². The third-order valence-corrected chi connectivity index (χ3v) is 8.02. The number of aromatic nitrogens is 1. The summed E-state index contributed by atoms with van der Waals surface area (Å²) in [5.74, 6) is 0.921. The largest absolute Gasteiger partial charge is 0.496 e. The van der Waals surface area contributed by atoms with E-state index in [0.29, 0.717) is 51.8 Å². The predicted octanol–water partition coefficient (Wildman–Crippen LogP) is 9.39. The van der Waals surface area contributed by atoms with E-state index in [4.69, 9.17) is 24.1 Å². The zero-order valence-electron chi connectivity index (χ0n) is 28.6. The van der Waals surface area contributed by atoms with Crippen molar-refractivity contribution in [3.8, 4) is 34.1 Å². The van der Waals surface area contributed by atoms with Crippen molar-refractivity contribution >= 4 is 11.8 Å². The molecule has 1 heterocycles. The molecule has 0 radical (unpaired) electrons. The number of carboxylic acids is 1. The third kappa shape index (κ3) is 9.98. The molecule has 0 fully saturated rings. The number of carbonyl (C=O) groups is 1. The summed E-state index contributed by atoms with van der Waals surface area (Å²) in [7, 11) is 4.43. The minimum absolute atomic E-state index is 0.0613. The maximum absolute atomic E-state index is 13.8. The minimum atomic E-state index is -5.03. The van der Waals surface area contributed by atoms with Crippen molar-refractivity contribution < 1.29 is 55.2 Å². The van der Waals surface area contributed by atoms with Crippen LogP contribution in [0.1, 0.15) is 60.4 Å². The molecule has 1 N–H and O–H groups in total. The van der Waals surface area contributed by atoms with Crippen molar-refractivity contribution in [2.45, 2.75) is 58.0 Å². The van der Waals surface area contributed by atoms with Crippen LogP contribution in [0.5, 0.6) is 23.0 Å². The molecule has 0 aliphatic carbocycles. The van der Waals surface area contributed by atoms with Crippen LogP contribution in [-0.4, -0.2) is 44.0 Å². The molecule has 8 nitrogen and oxygen atoms in total. The normalized spacial score (nSPS) is 11.8. The van der Waals surface area contributed by atoms with Gasteiger partial charge in [0.2, 0.25) is 0 Å². The first-order valence-electron chi connectivity index (χ1n) is 15.8. The number of pyridine rings is 1. The Morgan fingerprint density at radius 3 is 1.94 bits per heavy atom. The third-order valence-electron chi connectivity index (χ3n) is 8.02. The Kier molecular flexibility index (Phi) is 12.3. The Balaban J connectivity index is 1.88. The molecule has 0 aliphatic rings. The SMILES string of the molecule is COc1cc(CN(Cc2cc(C(F)(F)F)cc(C(F)(F)F)c2)c2ccc(OCCCC(=O)O)cn2)c(-c2cc(C(C)C)ccc2OC)cc1OC. The summed E-state index contributed by atoms with van der Waals surface area (Å²) >= 11 is 0. The molecule has 14 heteroatoms. The van der Waals surface area contributed by atoms with E-state index < -0.39 is 36.0 Å². The van der Waals surface area contributed by atoms with Crippen LogP contribution in [0.25, 0.3) is 11.1 Å². The Morgan fingerprint density at radius 2 is 1.41 bits per heavy atom. The van der Waals surface area contributed by atoms with E-state index in [0.717, 1.165) is 5.56 Å². The molecule has 1 aromatic heterocycles. The summed E-state index contributed by atoms with van der Waals surface area (Å²) in [5.41, 5.74) is -0.265. The molecule has 0 unspecified atom stereocenters. The standard InChI is InChI=1S/C37H38F6N2O6/c1-22(2)24-8-10-31(48-3)30(15-24)29-18-33(50-5)32(49-4)16-25(29)21-45(34-11-9-28(19-44-34)51-12-6-7-35(46)47)20-23-13-26(36(38,39)40)17-27(14-23)37(41,42)43/h8-11,13-19,22H,6-7,12,20-21H2,1-5H3,(H,46,47). The Bertz CT molecular complexity index is 1780. The molecule has 0 atom stereocenters. The Hall–Kier alpha value is -5.14. The highest BCUT2D eigenvalue weighted by molar-refractivity contribution is 5.77. The molecule has 3 aromatic carbocycles. The molecule has 0 saturated heterocycles. The number of halogens is 6. The van der Waals surface area contributed by atoms with Gasteiger partial charge in [0.1, 0.15) is 17.3 Å². The van der Waals surface area contributed by atoms with Crippen LogP contribution < -0.4 is 23.8 Å². The lowest BCUT2D eigenvalue weighted by Gasteiger charge is -2.27. The second-order valence-corrected chi connectivity index (χ2v) is 11.9. The van der Waals surface area contributed by atoms with E-state index in [-0.39, 0.29) is 49.4 Å². The number of rotatable bonds is 15. The molecule has 0 amide bonds. The van der Waals surface area contributed by atoms with Crippen molar-refractivity contribution in [2.24, 2.45) is 0 Å². The van der Waals surface area contributed by atoms with Gasteiger partial charge in [-0.2, -0.15) is 26.3 Å². The number of anilines is 1. The second-order valence-electron chi connectivity index (χ2n) is 11.9. The van der Waals surface area contributed by atoms with Crippen molar-refractivity contribution in [2.75, 3.05) is 32.8 Å². The van der Waals surface area contributed by atoms with E-state index in [9.17, 15) is 31.1 Å². The quantitative estimate of drug-likeness (QED) is 0.0960. The fourth-order valence-electron chi connectivity index (χ4n) is 5.41. The van der Waals surface area contributed by atoms with Gasteiger partial charge in [-0.25, -0.2) is 4.98 Å². The smallest absolute Gasteiger partial charge is 0.416 e. The highest BCUT2D eigenvalue weighted by atomic mass is 19.4. The summed E-state index contributed by atoms with van der Waals surface area (Å²) in [5, 5.41) is 8.88. The lowest BCUT2D eigenvalue weighted by atomic mass is 9.93.